The summed E-state index contributed by atoms with van der Waals surface area (Å²) in [5, 5.41) is 6.66. The van der Waals surface area contributed by atoms with E-state index in [1.807, 2.05) is 51.1 Å². The van der Waals surface area contributed by atoms with Gasteiger partial charge in [0.25, 0.3) is 0 Å². The van der Waals surface area contributed by atoms with Gasteiger partial charge < -0.3 is 15.4 Å². The lowest BCUT2D eigenvalue weighted by molar-refractivity contribution is -0.140. The van der Waals surface area contributed by atoms with Crippen LogP contribution in [0.4, 0.5) is 0 Å². The zero-order valence-electron chi connectivity index (χ0n) is 12.5. The van der Waals surface area contributed by atoms with Crippen LogP contribution in [-0.4, -0.2) is 17.7 Å². The van der Waals surface area contributed by atoms with Gasteiger partial charge in [0.15, 0.2) is 5.11 Å². The van der Waals surface area contributed by atoms with Crippen LogP contribution in [0.5, 0.6) is 0 Å². The van der Waals surface area contributed by atoms with E-state index in [2.05, 4.69) is 10.6 Å². The van der Waals surface area contributed by atoms with Crippen molar-refractivity contribution >= 4 is 23.3 Å². The zero-order valence-corrected chi connectivity index (χ0v) is 13.3. The number of nitrogens with one attached hydrogen (secondary N) is 2. The molecule has 1 aliphatic heterocycles. The van der Waals surface area contributed by atoms with E-state index in [4.69, 9.17) is 17.0 Å². The highest BCUT2D eigenvalue weighted by Gasteiger charge is 2.30. The molecular formula is C16H20N2O2S. The highest BCUT2D eigenvalue weighted by Crippen LogP contribution is 2.27. The Kier molecular flexibility index (Phi) is 4.96. The summed E-state index contributed by atoms with van der Waals surface area (Å²) in [4.78, 5) is 12.4. The summed E-state index contributed by atoms with van der Waals surface area (Å²) in [6.45, 7) is 6.27. The summed E-state index contributed by atoms with van der Waals surface area (Å²) in [6.07, 6.45) is 0. The molecule has 1 atom stereocenters. The first kappa shape index (κ1) is 15.5. The van der Waals surface area contributed by atoms with Crippen molar-refractivity contribution < 1.29 is 9.53 Å². The molecule has 5 heteroatoms. The van der Waals surface area contributed by atoms with E-state index in [9.17, 15) is 4.79 Å². The van der Waals surface area contributed by atoms with Gasteiger partial charge in [-0.3, -0.25) is 0 Å². The number of hydrogen-bond acceptors (Lipinski definition) is 3. The van der Waals surface area contributed by atoms with Crippen molar-refractivity contribution in [3.8, 4) is 0 Å². The van der Waals surface area contributed by atoms with Crippen LogP contribution in [0.25, 0.3) is 0 Å². The second-order valence-corrected chi connectivity index (χ2v) is 5.88. The number of carbonyl (C=O) groups is 1. The molecule has 0 amide bonds. The molecule has 1 aliphatic rings. The third-order valence-corrected chi connectivity index (χ3v) is 3.39. The van der Waals surface area contributed by atoms with Crippen molar-refractivity contribution in [3.05, 3.63) is 47.2 Å². The highest BCUT2D eigenvalue weighted by atomic mass is 32.1. The maximum absolute atomic E-state index is 12.4. The Morgan fingerprint density at radius 1 is 1.33 bits per heavy atom. The molecule has 0 aliphatic carbocycles. The highest BCUT2D eigenvalue weighted by molar-refractivity contribution is 7.80. The maximum atomic E-state index is 12.4. The van der Waals surface area contributed by atoms with Gasteiger partial charge in [-0.1, -0.05) is 44.2 Å². The minimum atomic E-state index is -0.308. The van der Waals surface area contributed by atoms with Gasteiger partial charge in [0.05, 0.1) is 18.2 Å². The number of thiocarbonyl (C=S) groups is 1. The average Bonchev–Trinajstić information content (AvgIpc) is 2.45. The predicted octanol–water partition coefficient (Wildman–Crippen LogP) is 2.68. The Bertz CT molecular complexity index is 567. The summed E-state index contributed by atoms with van der Waals surface area (Å²) < 4.78 is 5.38. The van der Waals surface area contributed by atoms with E-state index in [1.165, 1.54) is 0 Å². The number of carbonyl (C=O) groups excluding carboxylic acids is 1. The fourth-order valence-corrected chi connectivity index (χ4v) is 2.45. The molecule has 2 N–H and O–H groups in total. The first-order chi connectivity index (χ1) is 9.99. The van der Waals surface area contributed by atoms with Gasteiger partial charge >= 0.3 is 5.97 Å². The lowest BCUT2D eigenvalue weighted by Gasteiger charge is -2.30. The summed E-state index contributed by atoms with van der Waals surface area (Å²) >= 11 is 5.20. The smallest absolute Gasteiger partial charge is 0.338 e. The Morgan fingerprint density at radius 3 is 2.62 bits per heavy atom. The quantitative estimate of drug-likeness (QED) is 0.661. The topological polar surface area (TPSA) is 50.4 Å². The van der Waals surface area contributed by atoms with Crippen LogP contribution < -0.4 is 10.6 Å². The number of hydrogen-bond donors (Lipinski definition) is 2. The number of esters is 1. The van der Waals surface area contributed by atoms with Crippen molar-refractivity contribution in [2.45, 2.75) is 26.8 Å². The fraction of sp³-hybridized carbons (Fsp3) is 0.375. The molecule has 1 heterocycles. The van der Waals surface area contributed by atoms with E-state index in [0.717, 1.165) is 11.3 Å². The molecular weight excluding hydrogens is 284 g/mol. The zero-order chi connectivity index (χ0) is 15.4. The fourth-order valence-electron chi connectivity index (χ4n) is 2.18. The maximum Gasteiger partial charge on any atom is 0.338 e. The largest absolute Gasteiger partial charge is 0.462 e. The van der Waals surface area contributed by atoms with Crippen LogP contribution in [0.15, 0.2) is 41.6 Å². The van der Waals surface area contributed by atoms with Crippen LogP contribution in [-0.2, 0) is 9.53 Å². The van der Waals surface area contributed by atoms with E-state index < -0.39 is 0 Å². The summed E-state index contributed by atoms with van der Waals surface area (Å²) in [6, 6.07) is 9.47. The number of allylic oxidation sites excluding steroid dienone is 1. The molecule has 0 fully saturated rings. The van der Waals surface area contributed by atoms with Gasteiger partial charge in [-0.15, -0.1) is 0 Å². The summed E-state index contributed by atoms with van der Waals surface area (Å²) in [5.41, 5.74) is 2.30. The average molecular weight is 304 g/mol. The molecule has 0 unspecified atom stereocenters. The van der Waals surface area contributed by atoms with Gasteiger partial charge in [0.2, 0.25) is 0 Å². The number of benzene rings is 1. The molecule has 1 aromatic rings. The van der Waals surface area contributed by atoms with Gasteiger partial charge in [-0.25, -0.2) is 4.79 Å². The van der Waals surface area contributed by atoms with Crippen molar-refractivity contribution in [2.75, 3.05) is 6.61 Å². The van der Waals surface area contributed by atoms with E-state index in [0.29, 0.717) is 23.2 Å². The third-order valence-electron chi connectivity index (χ3n) is 3.17. The Labute approximate surface area is 130 Å². The van der Waals surface area contributed by atoms with Gasteiger partial charge in [-0.2, -0.15) is 0 Å². The minimum absolute atomic E-state index is 0.278. The molecule has 112 valence electrons. The van der Waals surface area contributed by atoms with Crippen LogP contribution in [0.1, 0.15) is 32.4 Å². The van der Waals surface area contributed by atoms with Gasteiger partial charge in [0, 0.05) is 5.70 Å². The number of rotatable bonds is 4. The Hall–Kier alpha value is -1.88. The van der Waals surface area contributed by atoms with Crippen molar-refractivity contribution in [2.24, 2.45) is 5.92 Å². The van der Waals surface area contributed by atoms with Gasteiger partial charge in [-0.05, 0) is 30.6 Å². The molecule has 0 spiro atoms. The van der Waals surface area contributed by atoms with Crippen LogP contribution in [0.3, 0.4) is 0 Å². The standard InChI is InChI=1S/C16H20N2O2S/c1-10(2)9-20-15(19)13-11(3)17-16(21)18-14(13)12-7-5-4-6-8-12/h4-8,10,14H,9H2,1-3H3,(H2,17,18,21)/t14-/m1/s1. The van der Waals surface area contributed by atoms with E-state index in [-0.39, 0.29) is 12.0 Å². The minimum Gasteiger partial charge on any atom is -0.462 e. The lowest BCUT2D eigenvalue weighted by Crippen LogP contribution is -2.45. The summed E-state index contributed by atoms with van der Waals surface area (Å²) in [7, 11) is 0. The predicted molar refractivity (Wildman–Crippen MR) is 86.5 cm³/mol. The second kappa shape index (κ2) is 6.72. The van der Waals surface area contributed by atoms with E-state index in [1.54, 1.807) is 0 Å². The first-order valence-corrected chi connectivity index (χ1v) is 7.40. The second-order valence-electron chi connectivity index (χ2n) is 5.47. The molecule has 0 bridgehead atoms. The molecule has 0 radical (unpaired) electrons. The first-order valence-electron chi connectivity index (χ1n) is 6.99. The Balaban J connectivity index is 2.30. The SMILES string of the molecule is CC1=C(C(=O)OCC(C)C)[C@@H](c2ccccc2)NC(=S)N1. The van der Waals surface area contributed by atoms with Crippen LogP contribution in [0.2, 0.25) is 0 Å². The molecule has 1 aromatic carbocycles. The Morgan fingerprint density at radius 2 is 2.00 bits per heavy atom. The summed E-state index contributed by atoms with van der Waals surface area (Å²) in [5.74, 6) is -0.00632. The van der Waals surface area contributed by atoms with Crippen molar-refractivity contribution in [1.82, 2.24) is 10.6 Å². The third kappa shape index (κ3) is 3.82. The number of ether oxygens (including phenoxy) is 1. The van der Waals surface area contributed by atoms with Crippen molar-refractivity contribution in [1.29, 1.82) is 0 Å². The van der Waals surface area contributed by atoms with Crippen LogP contribution >= 0.6 is 12.2 Å². The molecule has 21 heavy (non-hydrogen) atoms. The molecule has 4 nitrogen and oxygen atoms in total. The van der Waals surface area contributed by atoms with Gasteiger partial charge in [0.1, 0.15) is 0 Å². The normalized spacial score (nSPS) is 18.3. The molecule has 2 rings (SSSR count). The van der Waals surface area contributed by atoms with Crippen molar-refractivity contribution in [3.63, 3.8) is 0 Å². The van der Waals surface area contributed by atoms with Crippen LogP contribution in [0, 0.1) is 5.92 Å². The van der Waals surface area contributed by atoms with E-state index >= 15 is 0 Å². The lowest BCUT2D eigenvalue weighted by atomic mass is 9.96. The molecule has 0 aromatic heterocycles. The monoisotopic (exact) mass is 304 g/mol. The molecule has 0 saturated carbocycles. The molecule has 0 saturated heterocycles.